The first-order chi connectivity index (χ1) is 8.92. The van der Waals surface area contributed by atoms with Gasteiger partial charge in [-0.25, -0.2) is 9.48 Å². The number of carbonyl (C=O) groups is 1. The minimum atomic E-state index is -0.687. The number of esters is 1. The van der Waals surface area contributed by atoms with Crippen molar-refractivity contribution in [3.63, 3.8) is 0 Å². The van der Waals surface area contributed by atoms with Crippen molar-refractivity contribution >= 4 is 17.5 Å². The highest BCUT2D eigenvalue weighted by Gasteiger charge is 2.28. The number of hydrogen-bond donors (Lipinski definition) is 1. The maximum Gasteiger partial charge on any atom is 0.334 e. The first-order valence-electron chi connectivity index (χ1n) is 5.97. The molecule has 0 amide bonds. The topological polar surface area (TPSA) is 99.3 Å². The molecule has 0 aliphatic heterocycles. The molecule has 1 heterocycles. The molecule has 106 valence electrons. The van der Waals surface area contributed by atoms with E-state index in [9.17, 15) is 14.9 Å². The molecular weight excluding hydrogens is 252 g/mol. The van der Waals surface area contributed by atoms with Crippen LogP contribution in [0.2, 0.25) is 0 Å². The molecule has 8 nitrogen and oxygen atoms in total. The summed E-state index contributed by atoms with van der Waals surface area (Å²) in [4.78, 5) is 22.0. The van der Waals surface area contributed by atoms with Gasteiger partial charge in [-0.3, -0.25) is 10.1 Å². The van der Waals surface area contributed by atoms with Crippen LogP contribution in [0.25, 0.3) is 0 Å². The summed E-state index contributed by atoms with van der Waals surface area (Å²) < 4.78 is 5.96. The van der Waals surface area contributed by atoms with E-state index in [1.165, 1.54) is 11.8 Å². The summed E-state index contributed by atoms with van der Waals surface area (Å²) in [7, 11) is 2.86. The predicted octanol–water partition coefficient (Wildman–Crippen LogP) is 1.25. The molecule has 1 aromatic rings. The largest absolute Gasteiger partial charge is 0.467 e. The van der Waals surface area contributed by atoms with Crippen molar-refractivity contribution < 1.29 is 14.5 Å². The van der Waals surface area contributed by atoms with Gasteiger partial charge in [0.1, 0.15) is 11.7 Å². The molecule has 0 saturated carbocycles. The lowest BCUT2D eigenvalue weighted by Crippen LogP contribution is -2.28. The van der Waals surface area contributed by atoms with Crippen LogP contribution in [0.3, 0.4) is 0 Å². The number of nitro groups is 1. The molecule has 0 aromatic carbocycles. The molecule has 0 radical (unpaired) electrons. The average molecular weight is 270 g/mol. The Balaban J connectivity index is 3.12. The van der Waals surface area contributed by atoms with Gasteiger partial charge < -0.3 is 10.1 Å². The fourth-order valence-electron chi connectivity index (χ4n) is 1.77. The van der Waals surface area contributed by atoms with Gasteiger partial charge >= 0.3 is 11.7 Å². The number of rotatable bonds is 6. The van der Waals surface area contributed by atoms with Crippen LogP contribution in [0.15, 0.2) is 0 Å². The third kappa shape index (κ3) is 3.21. The third-order valence-electron chi connectivity index (χ3n) is 2.67. The Kier molecular flexibility index (Phi) is 4.85. The fourth-order valence-corrected chi connectivity index (χ4v) is 1.77. The van der Waals surface area contributed by atoms with Crippen LogP contribution in [0.1, 0.15) is 26.0 Å². The number of nitrogens with one attached hydrogen (secondary N) is 1. The van der Waals surface area contributed by atoms with Gasteiger partial charge in [-0.05, 0) is 13.3 Å². The number of hydrogen-bond acceptors (Lipinski definition) is 6. The number of anilines is 1. The molecule has 0 bridgehead atoms. The van der Waals surface area contributed by atoms with Gasteiger partial charge in [-0.1, -0.05) is 13.3 Å². The van der Waals surface area contributed by atoms with Crippen LogP contribution in [-0.4, -0.2) is 33.8 Å². The number of aromatic nitrogens is 2. The van der Waals surface area contributed by atoms with E-state index < -0.39 is 16.9 Å². The fraction of sp³-hybridized carbons (Fsp3) is 0.636. The Morgan fingerprint density at radius 1 is 1.63 bits per heavy atom. The molecular formula is C11H18N4O4. The normalized spacial score (nSPS) is 12.0. The van der Waals surface area contributed by atoms with E-state index in [1.807, 2.05) is 6.92 Å². The maximum atomic E-state index is 11.4. The van der Waals surface area contributed by atoms with Crippen molar-refractivity contribution in [3.8, 4) is 0 Å². The lowest BCUT2D eigenvalue weighted by atomic mass is 10.2. The second-order valence-corrected chi connectivity index (χ2v) is 4.16. The molecule has 1 N–H and O–H groups in total. The lowest BCUT2D eigenvalue weighted by molar-refractivity contribution is -0.384. The van der Waals surface area contributed by atoms with Gasteiger partial charge in [-0.2, -0.15) is 5.10 Å². The highest BCUT2D eigenvalue weighted by molar-refractivity contribution is 5.79. The number of ether oxygens (including phenoxy) is 1. The van der Waals surface area contributed by atoms with Crippen LogP contribution in [0.5, 0.6) is 0 Å². The van der Waals surface area contributed by atoms with Crippen LogP contribution in [0, 0.1) is 10.1 Å². The summed E-state index contributed by atoms with van der Waals surface area (Å²) in [6.07, 6.45) is 1.27. The van der Waals surface area contributed by atoms with Crippen molar-refractivity contribution in [3.05, 3.63) is 15.8 Å². The lowest BCUT2D eigenvalue weighted by Gasteiger charge is -2.12. The molecule has 1 rings (SSSR count). The monoisotopic (exact) mass is 270 g/mol. The maximum absolute atomic E-state index is 11.4. The van der Waals surface area contributed by atoms with E-state index in [0.717, 1.165) is 6.42 Å². The zero-order chi connectivity index (χ0) is 14.6. The Labute approximate surface area is 110 Å². The molecule has 1 atom stereocenters. The Morgan fingerprint density at radius 3 is 2.74 bits per heavy atom. The Bertz CT molecular complexity index is 483. The van der Waals surface area contributed by atoms with Crippen LogP contribution >= 0.6 is 0 Å². The second kappa shape index (κ2) is 6.17. The predicted molar refractivity (Wildman–Crippen MR) is 69.0 cm³/mol. The van der Waals surface area contributed by atoms with Gasteiger partial charge in [0.05, 0.1) is 12.0 Å². The van der Waals surface area contributed by atoms with Gasteiger partial charge in [0, 0.05) is 7.05 Å². The molecule has 0 saturated heterocycles. The average Bonchev–Trinajstić information content (AvgIpc) is 2.65. The van der Waals surface area contributed by atoms with E-state index >= 15 is 0 Å². The number of aryl methyl sites for hydroxylation is 2. The molecule has 1 aromatic heterocycles. The summed E-state index contributed by atoms with van der Waals surface area (Å²) in [6.45, 7) is 3.49. The Hall–Kier alpha value is -2.12. The summed E-state index contributed by atoms with van der Waals surface area (Å²) >= 11 is 0. The first-order valence-corrected chi connectivity index (χ1v) is 5.97. The standard InChI is InChI=1S/C11H18N4O4/c1-5-6-8-9(15(17)18)10(14(3)13-8)12-7(2)11(16)19-4/h7,12H,5-6H2,1-4H3. The third-order valence-corrected chi connectivity index (χ3v) is 2.67. The minimum absolute atomic E-state index is 0.0832. The van der Waals surface area contributed by atoms with E-state index in [2.05, 4.69) is 15.2 Å². The van der Waals surface area contributed by atoms with Crippen molar-refractivity contribution in [2.45, 2.75) is 32.7 Å². The highest BCUT2D eigenvalue weighted by Crippen LogP contribution is 2.29. The van der Waals surface area contributed by atoms with Crippen LogP contribution < -0.4 is 5.32 Å². The van der Waals surface area contributed by atoms with E-state index in [-0.39, 0.29) is 11.5 Å². The molecule has 0 spiro atoms. The van der Waals surface area contributed by atoms with E-state index in [0.29, 0.717) is 12.1 Å². The second-order valence-electron chi connectivity index (χ2n) is 4.16. The summed E-state index contributed by atoms with van der Waals surface area (Å²) in [5, 5.41) is 18.0. The van der Waals surface area contributed by atoms with Gasteiger partial charge in [0.15, 0.2) is 0 Å². The first kappa shape index (κ1) is 14.9. The quantitative estimate of drug-likeness (QED) is 0.474. The van der Waals surface area contributed by atoms with Crippen molar-refractivity contribution in [2.75, 3.05) is 12.4 Å². The summed E-state index contributed by atoms with van der Waals surface area (Å²) in [5.74, 6) is -0.279. The molecule has 0 fully saturated rings. The molecule has 8 heteroatoms. The van der Waals surface area contributed by atoms with Gasteiger partial charge in [-0.15, -0.1) is 0 Å². The number of methoxy groups -OCH3 is 1. The molecule has 0 aliphatic rings. The number of carbonyl (C=O) groups excluding carboxylic acids is 1. The summed E-state index contributed by atoms with van der Waals surface area (Å²) in [6, 6.07) is -0.687. The SMILES string of the molecule is CCCc1nn(C)c(NC(C)C(=O)OC)c1[N+](=O)[O-]. The zero-order valence-electron chi connectivity index (χ0n) is 11.5. The number of nitrogens with zero attached hydrogens (tertiary/aromatic N) is 3. The van der Waals surface area contributed by atoms with E-state index in [4.69, 9.17) is 0 Å². The van der Waals surface area contributed by atoms with Crippen LogP contribution in [-0.2, 0) is 23.0 Å². The zero-order valence-corrected chi connectivity index (χ0v) is 11.5. The molecule has 1 unspecified atom stereocenters. The van der Waals surface area contributed by atoms with Crippen molar-refractivity contribution in [2.24, 2.45) is 7.05 Å². The highest BCUT2D eigenvalue weighted by atomic mass is 16.6. The molecule has 19 heavy (non-hydrogen) atoms. The summed E-state index contributed by atoms with van der Waals surface area (Å²) in [5.41, 5.74) is 0.328. The van der Waals surface area contributed by atoms with Crippen molar-refractivity contribution in [1.82, 2.24) is 9.78 Å². The van der Waals surface area contributed by atoms with Crippen LogP contribution in [0.4, 0.5) is 11.5 Å². The van der Waals surface area contributed by atoms with E-state index in [1.54, 1.807) is 14.0 Å². The molecule has 0 aliphatic carbocycles. The van der Waals surface area contributed by atoms with Gasteiger partial charge in [0.25, 0.3) is 0 Å². The van der Waals surface area contributed by atoms with Crippen molar-refractivity contribution in [1.29, 1.82) is 0 Å². The van der Waals surface area contributed by atoms with Gasteiger partial charge in [0.2, 0.25) is 5.82 Å². The Morgan fingerprint density at radius 2 is 2.26 bits per heavy atom. The smallest absolute Gasteiger partial charge is 0.334 e. The minimum Gasteiger partial charge on any atom is -0.467 e.